The molecule has 0 aliphatic rings. The van der Waals surface area contributed by atoms with Gasteiger partial charge >= 0.3 is 5.97 Å². The second-order valence-electron chi connectivity index (χ2n) is 6.23. The van der Waals surface area contributed by atoms with Gasteiger partial charge in [-0.2, -0.15) is 0 Å². The summed E-state index contributed by atoms with van der Waals surface area (Å²) in [5, 5.41) is 4.69. The lowest BCUT2D eigenvalue weighted by Gasteiger charge is -2.08. The Hall–Kier alpha value is -3.23. The van der Waals surface area contributed by atoms with Crippen molar-refractivity contribution in [3.05, 3.63) is 72.8 Å². The first-order valence-corrected chi connectivity index (χ1v) is 10.4. The second kappa shape index (κ2) is 9.31. The lowest BCUT2D eigenvalue weighted by molar-refractivity contribution is -0.147. The van der Waals surface area contributed by atoms with Crippen LogP contribution < -0.4 is 10.0 Å². The van der Waals surface area contributed by atoms with Gasteiger partial charge in [-0.3, -0.25) is 9.59 Å². The molecular formula is C21H20N2O5S. The molecule has 0 aliphatic carbocycles. The van der Waals surface area contributed by atoms with E-state index in [9.17, 15) is 18.0 Å². The van der Waals surface area contributed by atoms with Crippen LogP contribution in [0.2, 0.25) is 0 Å². The Morgan fingerprint density at radius 2 is 1.55 bits per heavy atom. The monoisotopic (exact) mass is 412 g/mol. The number of fused-ring (bicyclic) bond motifs is 1. The molecule has 0 aliphatic heterocycles. The number of hydrogen-bond donors (Lipinski definition) is 2. The summed E-state index contributed by atoms with van der Waals surface area (Å²) in [4.78, 5) is 23.8. The van der Waals surface area contributed by atoms with Gasteiger partial charge in [-0.15, -0.1) is 0 Å². The number of carbonyl (C=O) groups is 2. The van der Waals surface area contributed by atoms with Crippen LogP contribution in [-0.2, 0) is 24.3 Å². The Labute approximate surface area is 168 Å². The molecule has 8 heteroatoms. The number of nitrogens with one attached hydrogen (secondary N) is 2. The molecule has 0 saturated heterocycles. The van der Waals surface area contributed by atoms with Gasteiger partial charge in [0.25, 0.3) is 5.91 Å². The first-order chi connectivity index (χ1) is 13.9. The third kappa shape index (κ3) is 5.87. The summed E-state index contributed by atoms with van der Waals surface area (Å²) >= 11 is 0. The number of esters is 1. The van der Waals surface area contributed by atoms with Gasteiger partial charge in [0.2, 0.25) is 10.0 Å². The molecule has 7 nitrogen and oxygen atoms in total. The van der Waals surface area contributed by atoms with Crippen molar-refractivity contribution in [1.82, 2.24) is 4.72 Å². The van der Waals surface area contributed by atoms with Crippen LogP contribution in [0, 0.1) is 0 Å². The van der Waals surface area contributed by atoms with E-state index in [-0.39, 0.29) is 17.9 Å². The zero-order valence-corrected chi connectivity index (χ0v) is 16.3. The maximum absolute atomic E-state index is 12.0. The topological polar surface area (TPSA) is 102 Å². The van der Waals surface area contributed by atoms with E-state index in [0.29, 0.717) is 5.69 Å². The first kappa shape index (κ1) is 20.5. The molecule has 0 heterocycles. The lowest BCUT2D eigenvalue weighted by Crippen LogP contribution is -2.27. The van der Waals surface area contributed by atoms with E-state index in [2.05, 4.69) is 10.0 Å². The minimum Gasteiger partial charge on any atom is -0.456 e. The fourth-order valence-electron chi connectivity index (χ4n) is 2.65. The highest BCUT2D eigenvalue weighted by molar-refractivity contribution is 7.89. The summed E-state index contributed by atoms with van der Waals surface area (Å²) in [6, 6.07) is 21.0. The summed E-state index contributed by atoms with van der Waals surface area (Å²) in [7, 11) is -3.68. The molecule has 0 radical (unpaired) electrons. The quantitative estimate of drug-likeness (QED) is 0.554. The largest absolute Gasteiger partial charge is 0.456 e. The third-order valence-corrected chi connectivity index (χ3v) is 5.55. The Kier molecular flexibility index (Phi) is 6.58. The fraction of sp³-hybridized carbons (Fsp3) is 0.143. The van der Waals surface area contributed by atoms with Crippen molar-refractivity contribution >= 4 is 38.4 Å². The van der Waals surface area contributed by atoms with Crippen LogP contribution in [0.5, 0.6) is 0 Å². The van der Waals surface area contributed by atoms with E-state index in [4.69, 9.17) is 4.74 Å². The molecule has 2 N–H and O–H groups in total. The summed E-state index contributed by atoms with van der Waals surface area (Å²) < 4.78 is 31.3. The Morgan fingerprint density at radius 1 is 0.862 bits per heavy atom. The number of benzene rings is 3. The van der Waals surface area contributed by atoms with Crippen molar-refractivity contribution in [2.75, 3.05) is 18.5 Å². The van der Waals surface area contributed by atoms with Gasteiger partial charge < -0.3 is 10.1 Å². The summed E-state index contributed by atoms with van der Waals surface area (Å²) in [6.45, 7) is -0.570. The van der Waals surface area contributed by atoms with Crippen LogP contribution in [0.1, 0.15) is 6.42 Å². The van der Waals surface area contributed by atoms with E-state index in [1.54, 1.807) is 24.3 Å². The van der Waals surface area contributed by atoms with Gasteiger partial charge in [-0.1, -0.05) is 48.5 Å². The molecule has 3 rings (SSSR count). The van der Waals surface area contributed by atoms with Crippen LogP contribution >= 0.6 is 0 Å². The van der Waals surface area contributed by atoms with Crippen LogP contribution in [-0.4, -0.2) is 33.4 Å². The summed E-state index contributed by atoms with van der Waals surface area (Å²) in [6.07, 6.45) is -0.185. The Balaban J connectivity index is 1.42. The maximum atomic E-state index is 12.0. The average molecular weight is 412 g/mol. The number of anilines is 1. The normalized spacial score (nSPS) is 11.2. The summed E-state index contributed by atoms with van der Waals surface area (Å²) in [5.41, 5.74) is 0.598. The van der Waals surface area contributed by atoms with Crippen LogP contribution in [0.3, 0.4) is 0 Å². The number of ether oxygens (including phenoxy) is 1. The number of carbonyl (C=O) groups excluding carboxylic acids is 2. The minimum atomic E-state index is -3.68. The van der Waals surface area contributed by atoms with Crippen molar-refractivity contribution < 1.29 is 22.7 Å². The molecule has 0 atom stereocenters. The highest BCUT2D eigenvalue weighted by Gasteiger charge is 2.14. The smallest absolute Gasteiger partial charge is 0.307 e. The second-order valence-corrected chi connectivity index (χ2v) is 8.00. The van der Waals surface area contributed by atoms with E-state index < -0.39 is 28.5 Å². The fourth-order valence-corrected chi connectivity index (χ4v) is 3.71. The van der Waals surface area contributed by atoms with Crippen molar-refractivity contribution in [3.63, 3.8) is 0 Å². The van der Waals surface area contributed by atoms with Gasteiger partial charge in [0.15, 0.2) is 6.61 Å². The van der Waals surface area contributed by atoms with E-state index in [1.807, 2.05) is 36.4 Å². The van der Waals surface area contributed by atoms with Gasteiger partial charge in [0, 0.05) is 12.2 Å². The molecular weight excluding hydrogens is 392 g/mol. The molecule has 0 spiro atoms. The van der Waals surface area contributed by atoms with Crippen LogP contribution in [0.15, 0.2) is 77.7 Å². The highest BCUT2D eigenvalue weighted by atomic mass is 32.2. The third-order valence-electron chi connectivity index (χ3n) is 4.07. The van der Waals surface area contributed by atoms with Gasteiger partial charge in [-0.05, 0) is 35.0 Å². The highest BCUT2D eigenvalue weighted by Crippen LogP contribution is 2.18. The van der Waals surface area contributed by atoms with E-state index >= 15 is 0 Å². The standard InChI is InChI=1S/C21H20N2O5S/c24-20(23-18-11-10-16-6-4-5-7-17(16)14-18)15-28-21(25)12-13-22-29(26,27)19-8-2-1-3-9-19/h1-11,14,22H,12-13,15H2,(H,23,24). The number of rotatable bonds is 8. The molecule has 150 valence electrons. The van der Waals surface area contributed by atoms with E-state index in [1.165, 1.54) is 12.1 Å². The lowest BCUT2D eigenvalue weighted by atomic mass is 10.1. The average Bonchev–Trinajstić information content (AvgIpc) is 2.73. The number of hydrogen-bond acceptors (Lipinski definition) is 5. The zero-order valence-electron chi connectivity index (χ0n) is 15.5. The molecule has 1 amide bonds. The number of amides is 1. The molecule has 0 fully saturated rings. The van der Waals surface area contributed by atoms with Crippen molar-refractivity contribution in [2.24, 2.45) is 0 Å². The predicted molar refractivity (Wildman–Crippen MR) is 110 cm³/mol. The molecule has 3 aromatic carbocycles. The molecule has 0 saturated carbocycles. The minimum absolute atomic E-state index is 0.114. The number of sulfonamides is 1. The molecule has 3 aromatic rings. The summed E-state index contributed by atoms with van der Waals surface area (Å²) in [5.74, 6) is -1.15. The Morgan fingerprint density at radius 3 is 2.31 bits per heavy atom. The molecule has 0 aromatic heterocycles. The molecule has 29 heavy (non-hydrogen) atoms. The van der Waals surface area contributed by atoms with Gasteiger partial charge in [0.1, 0.15) is 0 Å². The SMILES string of the molecule is O=C(COC(=O)CCNS(=O)(=O)c1ccccc1)Nc1ccc2ccccc2c1. The molecule has 0 bridgehead atoms. The van der Waals surface area contributed by atoms with Crippen molar-refractivity contribution in [1.29, 1.82) is 0 Å². The van der Waals surface area contributed by atoms with Crippen LogP contribution in [0.4, 0.5) is 5.69 Å². The van der Waals surface area contributed by atoms with Gasteiger partial charge in [-0.25, -0.2) is 13.1 Å². The molecule has 0 unspecified atom stereocenters. The van der Waals surface area contributed by atoms with E-state index in [0.717, 1.165) is 10.8 Å². The predicted octanol–water partition coefficient (Wildman–Crippen LogP) is 2.69. The van der Waals surface area contributed by atoms with Crippen molar-refractivity contribution in [3.8, 4) is 0 Å². The van der Waals surface area contributed by atoms with Crippen LogP contribution in [0.25, 0.3) is 10.8 Å². The zero-order chi connectivity index (χ0) is 20.7. The maximum Gasteiger partial charge on any atom is 0.307 e. The Bertz CT molecular complexity index is 1110. The first-order valence-electron chi connectivity index (χ1n) is 8.93. The van der Waals surface area contributed by atoms with Gasteiger partial charge in [0.05, 0.1) is 11.3 Å². The van der Waals surface area contributed by atoms with Crippen molar-refractivity contribution in [2.45, 2.75) is 11.3 Å².